The third-order valence-electron chi connectivity index (χ3n) is 2.02. The van der Waals surface area contributed by atoms with E-state index >= 15 is 0 Å². The monoisotopic (exact) mass is 346 g/mol. The van der Waals surface area contributed by atoms with Gasteiger partial charge in [-0.05, 0) is 17.7 Å². The van der Waals surface area contributed by atoms with Crippen LogP contribution in [0.1, 0.15) is 5.56 Å². The molecular formula is C16H14Cl4. The zero-order valence-electron chi connectivity index (χ0n) is 10.8. The molecule has 0 bridgehead atoms. The first-order chi connectivity index (χ1) is 9.56. The third kappa shape index (κ3) is 6.49. The molecule has 0 saturated carbocycles. The normalized spacial score (nSPS) is 8.60. The van der Waals surface area contributed by atoms with Crippen molar-refractivity contribution in [3.8, 4) is 0 Å². The molecule has 0 unspecified atom stereocenters. The number of hydrogen-bond donors (Lipinski definition) is 0. The molecule has 0 fully saturated rings. The molecule has 0 aliphatic carbocycles. The average Bonchev–Trinajstić information content (AvgIpc) is 2.52. The van der Waals surface area contributed by atoms with Crippen LogP contribution >= 0.6 is 46.4 Å². The number of benzene rings is 2. The molecular weight excluding hydrogens is 334 g/mol. The molecule has 0 amide bonds. The largest absolute Gasteiger partial charge is 0.106 e. The zero-order chi connectivity index (χ0) is 15.5. The second-order valence-electron chi connectivity index (χ2n) is 3.27. The molecule has 0 aliphatic heterocycles. The minimum Gasteiger partial charge on any atom is -0.106 e. The second-order valence-corrected chi connectivity index (χ2v) is 4.84. The highest BCUT2D eigenvalue weighted by Gasteiger charge is 2.05. The lowest BCUT2D eigenvalue weighted by Gasteiger charge is -1.98. The van der Waals surface area contributed by atoms with Crippen LogP contribution in [0.3, 0.4) is 0 Å². The van der Waals surface area contributed by atoms with Gasteiger partial charge in [-0.1, -0.05) is 89.4 Å². The Morgan fingerprint density at radius 3 is 1.40 bits per heavy atom. The van der Waals surface area contributed by atoms with Gasteiger partial charge in [0.15, 0.2) is 0 Å². The highest BCUT2D eigenvalue weighted by molar-refractivity contribution is 6.51. The van der Waals surface area contributed by atoms with Gasteiger partial charge in [-0.2, -0.15) is 0 Å². The molecule has 0 radical (unpaired) electrons. The molecule has 0 spiro atoms. The summed E-state index contributed by atoms with van der Waals surface area (Å²) in [4.78, 5) is 0. The van der Waals surface area contributed by atoms with Crippen LogP contribution in [0, 0.1) is 0 Å². The molecule has 0 aliphatic rings. The smallest absolute Gasteiger partial charge is 0.0793 e. The predicted molar refractivity (Wildman–Crippen MR) is 94.3 cm³/mol. The summed E-state index contributed by atoms with van der Waals surface area (Å²) >= 11 is 22.5. The molecule has 2 aromatic carbocycles. The van der Waals surface area contributed by atoms with E-state index in [1.807, 2.05) is 36.4 Å². The van der Waals surface area contributed by atoms with Crippen molar-refractivity contribution in [1.82, 2.24) is 0 Å². The number of halogens is 4. The molecule has 0 saturated heterocycles. The van der Waals surface area contributed by atoms with Crippen molar-refractivity contribution in [1.29, 1.82) is 0 Å². The van der Waals surface area contributed by atoms with Crippen molar-refractivity contribution < 1.29 is 0 Å². The van der Waals surface area contributed by atoms with E-state index in [9.17, 15) is 0 Å². The van der Waals surface area contributed by atoms with Gasteiger partial charge in [-0.25, -0.2) is 0 Å². The lowest BCUT2D eigenvalue weighted by atomic mass is 10.2. The first kappa shape index (κ1) is 19.1. The minimum atomic E-state index is 0.302. The third-order valence-corrected chi connectivity index (χ3v) is 3.73. The van der Waals surface area contributed by atoms with Gasteiger partial charge < -0.3 is 0 Å². The van der Waals surface area contributed by atoms with E-state index in [4.69, 9.17) is 46.4 Å². The molecule has 0 N–H and O–H groups in total. The van der Waals surface area contributed by atoms with Crippen molar-refractivity contribution in [3.05, 3.63) is 87.9 Å². The summed E-state index contributed by atoms with van der Waals surface area (Å²) in [5.41, 5.74) is 1.17. The van der Waals surface area contributed by atoms with E-state index in [1.165, 1.54) is 5.56 Å². The summed E-state index contributed by atoms with van der Waals surface area (Å²) in [6.07, 6.45) is 1.83. The van der Waals surface area contributed by atoms with Gasteiger partial charge in [0.25, 0.3) is 0 Å². The highest BCUT2D eigenvalue weighted by Crippen LogP contribution is 2.34. The van der Waals surface area contributed by atoms with Crippen LogP contribution in [0.4, 0.5) is 0 Å². The Kier molecular flexibility index (Phi) is 10.3. The van der Waals surface area contributed by atoms with Crippen LogP contribution in [0.25, 0.3) is 6.08 Å². The molecule has 2 aromatic rings. The molecule has 0 nitrogen and oxygen atoms in total. The van der Waals surface area contributed by atoms with Crippen molar-refractivity contribution >= 4 is 52.5 Å². The molecule has 2 rings (SSSR count). The van der Waals surface area contributed by atoms with Crippen LogP contribution in [0.5, 0.6) is 0 Å². The zero-order valence-corrected chi connectivity index (χ0v) is 13.8. The van der Waals surface area contributed by atoms with Crippen LogP contribution in [0.2, 0.25) is 20.1 Å². The topological polar surface area (TPSA) is 0 Å². The summed E-state index contributed by atoms with van der Waals surface area (Å²) in [6.45, 7) is 9.63. The number of hydrogen-bond acceptors (Lipinski definition) is 0. The fraction of sp³-hybridized carbons (Fsp3) is 0. The van der Waals surface area contributed by atoms with Crippen molar-refractivity contribution in [2.24, 2.45) is 0 Å². The van der Waals surface area contributed by atoms with Gasteiger partial charge in [-0.15, -0.1) is 13.2 Å². The summed E-state index contributed by atoms with van der Waals surface area (Å²) in [6, 6.07) is 13.2. The molecule has 20 heavy (non-hydrogen) atoms. The lowest BCUT2D eigenvalue weighted by molar-refractivity contribution is 1.67. The van der Waals surface area contributed by atoms with E-state index in [0.29, 0.717) is 20.1 Å². The maximum Gasteiger partial charge on any atom is 0.0793 e. The van der Waals surface area contributed by atoms with Gasteiger partial charge in [0.05, 0.1) is 20.1 Å². The summed E-state index contributed by atoms with van der Waals surface area (Å²) in [7, 11) is 0. The molecule has 106 valence electrons. The van der Waals surface area contributed by atoms with Gasteiger partial charge in [-0.3, -0.25) is 0 Å². The summed E-state index contributed by atoms with van der Waals surface area (Å²) < 4.78 is 0. The van der Waals surface area contributed by atoms with Gasteiger partial charge in [0.1, 0.15) is 0 Å². The van der Waals surface area contributed by atoms with Crippen LogP contribution in [-0.2, 0) is 0 Å². The summed E-state index contributed by atoms with van der Waals surface area (Å²) in [5, 5.41) is 1.43. The van der Waals surface area contributed by atoms with Crippen molar-refractivity contribution in [3.63, 3.8) is 0 Å². The van der Waals surface area contributed by atoms with Crippen LogP contribution in [0.15, 0.2) is 62.2 Å². The molecule has 0 heterocycles. The Morgan fingerprint density at radius 1 is 0.700 bits per heavy atom. The van der Waals surface area contributed by atoms with Gasteiger partial charge in [0, 0.05) is 0 Å². The van der Waals surface area contributed by atoms with Crippen molar-refractivity contribution in [2.45, 2.75) is 0 Å². The molecule has 4 heteroatoms. The Balaban J connectivity index is 0.000000327. The second kappa shape index (κ2) is 10.8. The molecule has 0 atom stereocenters. The Bertz CT molecular complexity index is 509. The first-order valence-electron chi connectivity index (χ1n) is 5.52. The van der Waals surface area contributed by atoms with E-state index in [-0.39, 0.29) is 0 Å². The van der Waals surface area contributed by atoms with Crippen LogP contribution in [-0.4, -0.2) is 0 Å². The summed E-state index contributed by atoms with van der Waals surface area (Å²) in [5.74, 6) is 0. The van der Waals surface area contributed by atoms with Crippen LogP contribution < -0.4 is 0 Å². The molecule has 0 aromatic heterocycles. The first-order valence-corrected chi connectivity index (χ1v) is 7.04. The fourth-order valence-electron chi connectivity index (χ4n) is 1.09. The predicted octanol–water partition coefficient (Wildman–Crippen LogP) is 7.43. The van der Waals surface area contributed by atoms with E-state index in [0.717, 1.165) is 0 Å². The standard InChI is InChI=1S/C8H8.C6H2Cl4.C2H4/c1-2-8-6-4-3-5-7-8;7-3-1-2-4(8)6(10)5(3)9;1-2/h2-7H,1H2;1-2H;1-2H2. The Labute approximate surface area is 140 Å². The van der Waals surface area contributed by atoms with Gasteiger partial charge >= 0.3 is 0 Å². The maximum atomic E-state index is 5.63. The van der Waals surface area contributed by atoms with Gasteiger partial charge in [0.2, 0.25) is 0 Å². The van der Waals surface area contributed by atoms with Crippen molar-refractivity contribution in [2.75, 3.05) is 0 Å². The lowest BCUT2D eigenvalue weighted by Crippen LogP contribution is -1.71. The van der Waals surface area contributed by atoms with E-state index in [2.05, 4.69) is 19.7 Å². The van der Waals surface area contributed by atoms with E-state index in [1.54, 1.807) is 12.1 Å². The SMILES string of the molecule is C=C.C=Cc1ccccc1.Clc1ccc(Cl)c(Cl)c1Cl. The highest BCUT2D eigenvalue weighted by atomic mass is 35.5. The Morgan fingerprint density at radius 2 is 1.10 bits per heavy atom. The maximum absolute atomic E-state index is 5.63. The number of rotatable bonds is 1. The average molecular weight is 348 g/mol. The minimum absolute atomic E-state index is 0.302. The fourth-order valence-corrected chi connectivity index (χ4v) is 1.83. The van der Waals surface area contributed by atoms with E-state index < -0.39 is 0 Å². The quantitative estimate of drug-likeness (QED) is 0.286. The Hall–Kier alpha value is -0.920.